The fraction of sp³-hybridized carbons (Fsp3) is 0.412. The third-order valence-corrected chi connectivity index (χ3v) is 5.06. The molecule has 0 fully saturated rings. The number of carbonyl (C=O) groups is 1. The van der Waals surface area contributed by atoms with E-state index in [0.29, 0.717) is 6.42 Å². The highest BCUT2D eigenvalue weighted by atomic mass is 79.9. The molecule has 0 saturated heterocycles. The maximum atomic E-state index is 12.3. The van der Waals surface area contributed by atoms with E-state index in [1.165, 1.54) is 16.8 Å². The first kappa shape index (κ1) is 15.3. The molecule has 0 bridgehead atoms. The van der Waals surface area contributed by atoms with Crippen LogP contribution in [0, 0.1) is 0 Å². The molecular weight excluding hydrogens is 342 g/mol. The number of fused-ring (bicyclic) bond motifs is 1. The monoisotopic (exact) mass is 361 g/mol. The van der Waals surface area contributed by atoms with Crippen LogP contribution < -0.4 is 5.32 Å². The van der Waals surface area contributed by atoms with Crippen molar-refractivity contribution in [2.75, 3.05) is 0 Å². The van der Waals surface area contributed by atoms with E-state index in [1.54, 1.807) is 0 Å². The van der Waals surface area contributed by atoms with Crippen molar-refractivity contribution in [3.63, 3.8) is 0 Å². The van der Waals surface area contributed by atoms with Crippen LogP contribution in [0.3, 0.4) is 0 Å². The number of amides is 1. The van der Waals surface area contributed by atoms with Gasteiger partial charge in [0, 0.05) is 29.2 Å². The average molecular weight is 362 g/mol. The maximum absolute atomic E-state index is 12.3. The lowest BCUT2D eigenvalue weighted by atomic mass is 9.93. The van der Waals surface area contributed by atoms with Crippen LogP contribution in [0.1, 0.15) is 42.1 Å². The second-order valence-corrected chi connectivity index (χ2v) is 6.63. The Kier molecular flexibility index (Phi) is 4.62. The number of halogens is 1. The summed E-state index contributed by atoms with van der Waals surface area (Å²) in [5.41, 5.74) is 3.61. The van der Waals surface area contributed by atoms with E-state index >= 15 is 0 Å². The molecule has 0 spiro atoms. The molecule has 0 radical (unpaired) electrons. The van der Waals surface area contributed by atoms with Gasteiger partial charge in [-0.15, -0.1) is 0 Å². The normalized spacial score (nSPS) is 17.1. The van der Waals surface area contributed by atoms with Gasteiger partial charge in [-0.3, -0.25) is 9.48 Å². The molecule has 1 aromatic carbocycles. The number of rotatable bonds is 4. The van der Waals surface area contributed by atoms with Crippen molar-refractivity contribution >= 4 is 21.8 Å². The second-order valence-electron chi connectivity index (χ2n) is 5.77. The van der Waals surface area contributed by atoms with Crippen LogP contribution in [0.15, 0.2) is 34.9 Å². The average Bonchev–Trinajstić information content (AvgIpc) is 2.89. The Morgan fingerprint density at radius 2 is 2.27 bits per heavy atom. The van der Waals surface area contributed by atoms with Gasteiger partial charge in [0.1, 0.15) is 0 Å². The Labute approximate surface area is 139 Å². The lowest BCUT2D eigenvalue weighted by Gasteiger charge is -2.23. The van der Waals surface area contributed by atoms with E-state index in [1.807, 2.05) is 36.1 Å². The molecule has 1 heterocycles. The van der Waals surface area contributed by atoms with Gasteiger partial charge in [-0.1, -0.05) is 34.1 Å². The van der Waals surface area contributed by atoms with Crippen LogP contribution in [-0.4, -0.2) is 15.7 Å². The van der Waals surface area contributed by atoms with Gasteiger partial charge in [0.05, 0.1) is 12.2 Å². The van der Waals surface area contributed by atoms with Crippen molar-refractivity contribution < 1.29 is 4.79 Å². The molecule has 3 rings (SSSR count). The largest absolute Gasteiger partial charge is 0.349 e. The summed E-state index contributed by atoms with van der Waals surface area (Å²) in [6, 6.07) is 8.16. The lowest BCUT2D eigenvalue weighted by Crippen LogP contribution is -2.31. The molecule has 1 atom stereocenters. The van der Waals surface area contributed by atoms with Crippen LogP contribution in [0.2, 0.25) is 0 Å². The summed E-state index contributed by atoms with van der Waals surface area (Å²) in [5, 5.41) is 7.49. The van der Waals surface area contributed by atoms with E-state index in [2.05, 4.69) is 32.4 Å². The standard InChI is InChI=1S/C17H20BrN3O/c1-21-16-8-4-7-15(13(16)11-19-21)20-17(22)10-9-12-5-2-3-6-14(12)18/h2-3,5-6,11,15H,4,7-10H2,1H3,(H,20,22). The van der Waals surface area contributed by atoms with E-state index in [0.717, 1.165) is 30.2 Å². The molecule has 1 amide bonds. The molecule has 4 nitrogen and oxygen atoms in total. The molecule has 1 unspecified atom stereocenters. The fourth-order valence-electron chi connectivity index (χ4n) is 3.07. The van der Waals surface area contributed by atoms with Crippen molar-refractivity contribution in [2.45, 2.75) is 38.1 Å². The molecule has 22 heavy (non-hydrogen) atoms. The SMILES string of the molecule is Cn1ncc2c1CCCC2NC(=O)CCc1ccccc1Br. The van der Waals surface area contributed by atoms with Crippen molar-refractivity contribution in [3.8, 4) is 0 Å². The number of aromatic nitrogens is 2. The number of benzene rings is 1. The van der Waals surface area contributed by atoms with Crippen LogP contribution in [-0.2, 0) is 24.7 Å². The summed E-state index contributed by atoms with van der Waals surface area (Å²) < 4.78 is 2.99. The smallest absolute Gasteiger partial charge is 0.220 e. The highest BCUT2D eigenvalue weighted by Gasteiger charge is 2.24. The van der Waals surface area contributed by atoms with E-state index in [4.69, 9.17) is 0 Å². The van der Waals surface area contributed by atoms with Crippen molar-refractivity contribution in [3.05, 3.63) is 51.8 Å². The maximum Gasteiger partial charge on any atom is 0.220 e. The van der Waals surface area contributed by atoms with Crippen LogP contribution in [0.4, 0.5) is 0 Å². The van der Waals surface area contributed by atoms with E-state index < -0.39 is 0 Å². The first-order valence-electron chi connectivity index (χ1n) is 7.68. The number of hydrogen-bond donors (Lipinski definition) is 1. The first-order valence-corrected chi connectivity index (χ1v) is 8.48. The number of carbonyl (C=O) groups excluding carboxylic acids is 1. The van der Waals surface area contributed by atoms with Crippen LogP contribution in [0.25, 0.3) is 0 Å². The minimum Gasteiger partial charge on any atom is -0.349 e. The zero-order valence-electron chi connectivity index (χ0n) is 12.7. The number of aryl methyl sites for hydroxylation is 2. The van der Waals surface area contributed by atoms with Gasteiger partial charge in [0.15, 0.2) is 0 Å². The van der Waals surface area contributed by atoms with Crippen LogP contribution in [0.5, 0.6) is 0 Å². The molecule has 5 heteroatoms. The Hall–Kier alpha value is -1.62. The first-order chi connectivity index (χ1) is 10.6. The molecular formula is C17H20BrN3O. The minimum atomic E-state index is 0.109. The van der Waals surface area contributed by atoms with E-state index in [9.17, 15) is 4.79 Å². The zero-order chi connectivity index (χ0) is 15.5. The molecule has 0 aliphatic heterocycles. The summed E-state index contributed by atoms with van der Waals surface area (Å²) in [6.45, 7) is 0. The summed E-state index contributed by atoms with van der Waals surface area (Å²) >= 11 is 3.53. The summed E-state index contributed by atoms with van der Waals surface area (Å²) in [4.78, 5) is 12.3. The Morgan fingerprint density at radius 3 is 3.09 bits per heavy atom. The zero-order valence-corrected chi connectivity index (χ0v) is 14.3. The molecule has 116 valence electrons. The number of nitrogens with zero attached hydrogens (tertiary/aromatic N) is 2. The predicted octanol–water partition coefficient (Wildman–Crippen LogP) is 3.31. The summed E-state index contributed by atoms with van der Waals surface area (Å²) in [5.74, 6) is 0.109. The Morgan fingerprint density at radius 1 is 1.45 bits per heavy atom. The predicted molar refractivity (Wildman–Crippen MR) is 89.5 cm³/mol. The van der Waals surface area contributed by atoms with Crippen molar-refractivity contribution in [1.82, 2.24) is 15.1 Å². The molecule has 1 aromatic heterocycles. The Balaban J connectivity index is 1.60. The summed E-state index contributed by atoms with van der Waals surface area (Å²) in [6.07, 6.45) is 6.30. The number of nitrogens with one attached hydrogen (secondary N) is 1. The quantitative estimate of drug-likeness (QED) is 0.907. The minimum absolute atomic E-state index is 0.109. The Bertz CT molecular complexity index is 680. The van der Waals surface area contributed by atoms with Gasteiger partial charge in [0.25, 0.3) is 0 Å². The van der Waals surface area contributed by atoms with Gasteiger partial charge >= 0.3 is 0 Å². The highest BCUT2D eigenvalue weighted by molar-refractivity contribution is 9.10. The van der Waals surface area contributed by atoms with Crippen molar-refractivity contribution in [1.29, 1.82) is 0 Å². The molecule has 2 aromatic rings. The van der Waals surface area contributed by atoms with Gasteiger partial charge in [-0.25, -0.2) is 0 Å². The topological polar surface area (TPSA) is 46.9 Å². The molecule has 0 saturated carbocycles. The molecule has 1 aliphatic rings. The van der Waals surface area contributed by atoms with E-state index in [-0.39, 0.29) is 11.9 Å². The van der Waals surface area contributed by atoms with Crippen LogP contribution >= 0.6 is 15.9 Å². The fourth-order valence-corrected chi connectivity index (χ4v) is 3.55. The van der Waals surface area contributed by atoms with Gasteiger partial charge < -0.3 is 5.32 Å². The summed E-state index contributed by atoms with van der Waals surface area (Å²) in [7, 11) is 1.97. The third-order valence-electron chi connectivity index (χ3n) is 4.29. The second kappa shape index (κ2) is 6.65. The highest BCUT2D eigenvalue weighted by Crippen LogP contribution is 2.29. The molecule has 1 aliphatic carbocycles. The number of hydrogen-bond acceptors (Lipinski definition) is 2. The van der Waals surface area contributed by atoms with Crippen molar-refractivity contribution in [2.24, 2.45) is 7.05 Å². The third kappa shape index (κ3) is 3.24. The molecule has 1 N–H and O–H groups in total. The van der Waals surface area contributed by atoms with Gasteiger partial charge in [0.2, 0.25) is 5.91 Å². The lowest BCUT2D eigenvalue weighted by molar-refractivity contribution is -0.121. The van der Waals surface area contributed by atoms with Gasteiger partial charge in [-0.2, -0.15) is 5.10 Å². The van der Waals surface area contributed by atoms with Gasteiger partial charge in [-0.05, 0) is 37.3 Å².